The normalized spacial score (nSPS) is 12.3. The molecule has 0 saturated heterocycles. The van der Waals surface area contributed by atoms with E-state index in [1.54, 1.807) is 6.92 Å². The average molecular weight is 278 g/mol. The van der Waals surface area contributed by atoms with Crippen LogP contribution >= 0.6 is 23.2 Å². The molecule has 0 fully saturated rings. The molecule has 94 valence electrons. The fourth-order valence-corrected chi connectivity index (χ4v) is 2.01. The summed E-state index contributed by atoms with van der Waals surface area (Å²) in [6.07, 6.45) is -0.655. The van der Waals surface area contributed by atoms with Crippen molar-refractivity contribution in [3.05, 3.63) is 27.7 Å². The quantitative estimate of drug-likeness (QED) is 0.890. The van der Waals surface area contributed by atoms with Gasteiger partial charge in [0, 0.05) is 18.6 Å². The van der Waals surface area contributed by atoms with Gasteiger partial charge >= 0.3 is 0 Å². The highest BCUT2D eigenvalue weighted by Crippen LogP contribution is 2.30. The van der Waals surface area contributed by atoms with Crippen molar-refractivity contribution in [2.75, 3.05) is 13.6 Å². The topological polar surface area (TPSA) is 60.8 Å². The number of nitrogens with zero attached hydrogens (tertiary/aromatic N) is 1. The van der Waals surface area contributed by atoms with E-state index in [1.807, 2.05) is 0 Å². The van der Waals surface area contributed by atoms with Crippen molar-refractivity contribution < 1.29 is 15.0 Å². The lowest BCUT2D eigenvalue weighted by Crippen LogP contribution is -2.33. The largest absolute Gasteiger partial charge is 0.507 e. The van der Waals surface area contributed by atoms with Crippen molar-refractivity contribution in [3.8, 4) is 5.75 Å². The summed E-state index contributed by atoms with van der Waals surface area (Å²) >= 11 is 11.5. The highest BCUT2D eigenvalue weighted by atomic mass is 35.5. The van der Waals surface area contributed by atoms with E-state index in [0.29, 0.717) is 0 Å². The van der Waals surface area contributed by atoms with Crippen molar-refractivity contribution in [1.29, 1.82) is 0 Å². The minimum atomic E-state index is -0.655. The maximum atomic E-state index is 12.0. The molecule has 1 atom stereocenters. The Hall–Kier alpha value is -0.970. The molecular formula is C11H13Cl2NO3. The van der Waals surface area contributed by atoms with Gasteiger partial charge in [-0.15, -0.1) is 0 Å². The first-order chi connectivity index (χ1) is 7.82. The minimum absolute atomic E-state index is 0.0146. The van der Waals surface area contributed by atoms with E-state index in [9.17, 15) is 15.0 Å². The number of hydrogen-bond donors (Lipinski definition) is 2. The number of aliphatic hydroxyl groups is 1. The van der Waals surface area contributed by atoms with Gasteiger partial charge in [-0.25, -0.2) is 0 Å². The number of phenolic OH excluding ortho intramolecular Hbond substituents is 1. The molecule has 0 bridgehead atoms. The molecule has 1 amide bonds. The zero-order chi connectivity index (χ0) is 13.2. The van der Waals surface area contributed by atoms with Gasteiger partial charge < -0.3 is 15.1 Å². The zero-order valence-electron chi connectivity index (χ0n) is 9.44. The number of rotatable bonds is 3. The second kappa shape index (κ2) is 5.58. The van der Waals surface area contributed by atoms with Crippen LogP contribution in [0.25, 0.3) is 0 Å². The molecule has 0 aliphatic carbocycles. The highest BCUT2D eigenvalue weighted by Gasteiger charge is 2.20. The number of hydrogen-bond acceptors (Lipinski definition) is 3. The van der Waals surface area contributed by atoms with Crippen LogP contribution < -0.4 is 0 Å². The monoisotopic (exact) mass is 277 g/mol. The first-order valence-electron chi connectivity index (χ1n) is 4.94. The third-order valence-corrected chi connectivity index (χ3v) is 2.65. The van der Waals surface area contributed by atoms with E-state index in [4.69, 9.17) is 23.2 Å². The summed E-state index contributed by atoms with van der Waals surface area (Å²) < 4.78 is 0. The Balaban J connectivity index is 3.04. The molecule has 0 aliphatic rings. The lowest BCUT2D eigenvalue weighted by atomic mass is 10.1. The molecule has 0 spiro atoms. The van der Waals surface area contributed by atoms with Crippen LogP contribution in [0.3, 0.4) is 0 Å². The number of carbonyl (C=O) groups is 1. The van der Waals surface area contributed by atoms with Crippen LogP contribution in [0.1, 0.15) is 17.3 Å². The summed E-state index contributed by atoms with van der Waals surface area (Å²) in [5.41, 5.74) is -0.0146. The van der Waals surface area contributed by atoms with Gasteiger partial charge in [0.25, 0.3) is 5.91 Å². The van der Waals surface area contributed by atoms with Crippen LogP contribution in [0.2, 0.25) is 10.0 Å². The van der Waals surface area contributed by atoms with Gasteiger partial charge in [0.2, 0.25) is 0 Å². The number of aromatic hydroxyl groups is 1. The molecule has 6 heteroatoms. The van der Waals surface area contributed by atoms with E-state index in [2.05, 4.69) is 0 Å². The van der Waals surface area contributed by atoms with Gasteiger partial charge in [0.05, 0.1) is 16.7 Å². The van der Waals surface area contributed by atoms with E-state index in [1.165, 1.54) is 24.1 Å². The standard InChI is InChI=1S/C11H13Cl2NO3/c1-6(15)5-14(2)11(17)10-8(13)3-7(12)4-9(10)16/h3-4,6,15-16H,5H2,1-2H3. The van der Waals surface area contributed by atoms with Crippen molar-refractivity contribution in [2.45, 2.75) is 13.0 Å². The molecule has 1 rings (SSSR count). The van der Waals surface area contributed by atoms with Gasteiger partial charge in [0.15, 0.2) is 0 Å². The molecule has 2 N–H and O–H groups in total. The Labute approximate surface area is 109 Å². The van der Waals surface area contributed by atoms with Crippen molar-refractivity contribution in [3.63, 3.8) is 0 Å². The van der Waals surface area contributed by atoms with Crippen LogP contribution in [0.15, 0.2) is 12.1 Å². The minimum Gasteiger partial charge on any atom is -0.507 e. The van der Waals surface area contributed by atoms with Crippen LogP contribution in [-0.2, 0) is 0 Å². The summed E-state index contributed by atoms with van der Waals surface area (Å²) in [5, 5.41) is 19.2. The van der Waals surface area contributed by atoms with Crippen molar-refractivity contribution in [2.24, 2.45) is 0 Å². The van der Waals surface area contributed by atoms with Gasteiger partial charge in [-0.2, -0.15) is 0 Å². The lowest BCUT2D eigenvalue weighted by Gasteiger charge is -2.20. The van der Waals surface area contributed by atoms with Gasteiger partial charge in [-0.05, 0) is 19.1 Å². The maximum Gasteiger partial charge on any atom is 0.258 e. The van der Waals surface area contributed by atoms with Gasteiger partial charge in [0.1, 0.15) is 5.75 Å². The molecule has 1 aromatic rings. The Bertz CT molecular complexity index is 412. The number of aliphatic hydroxyl groups excluding tert-OH is 1. The summed E-state index contributed by atoms with van der Waals surface area (Å²) in [7, 11) is 1.51. The van der Waals surface area contributed by atoms with E-state index >= 15 is 0 Å². The second-order valence-electron chi connectivity index (χ2n) is 3.82. The Morgan fingerprint density at radius 1 is 1.47 bits per heavy atom. The Morgan fingerprint density at radius 3 is 2.53 bits per heavy atom. The fraction of sp³-hybridized carbons (Fsp3) is 0.364. The van der Waals surface area contributed by atoms with Crippen LogP contribution in [0.5, 0.6) is 5.75 Å². The van der Waals surface area contributed by atoms with Gasteiger partial charge in [-0.1, -0.05) is 23.2 Å². The summed E-state index contributed by atoms with van der Waals surface area (Å²) in [6, 6.07) is 2.63. The predicted octanol–water partition coefficient (Wildman–Crippen LogP) is 2.15. The molecule has 4 nitrogen and oxygen atoms in total. The summed E-state index contributed by atoms with van der Waals surface area (Å²) in [6.45, 7) is 1.71. The predicted molar refractivity (Wildman–Crippen MR) is 66.8 cm³/mol. The molecule has 0 saturated carbocycles. The molecule has 1 unspecified atom stereocenters. The van der Waals surface area contributed by atoms with Gasteiger partial charge in [-0.3, -0.25) is 4.79 Å². The highest BCUT2D eigenvalue weighted by molar-refractivity contribution is 6.37. The smallest absolute Gasteiger partial charge is 0.258 e. The van der Waals surface area contributed by atoms with E-state index < -0.39 is 12.0 Å². The Morgan fingerprint density at radius 2 is 2.06 bits per heavy atom. The summed E-state index contributed by atoms with van der Waals surface area (Å²) in [4.78, 5) is 13.2. The molecule has 0 aliphatic heterocycles. The summed E-state index contributed by atoms with van der Waals surface area (Å²) in [5.74, 6) is -0.741. The maximum absolute atomic E-state index is 12.0. The molecule has 17 heavy (non-hydrogen) atoms. The number of halogens is 2. The van der Waals surface area contributed by atoms with Crippen LogP contribution in [0, 0.1) is 0 Å². The molecule has 0 radical (unpaired) electrons. The molecular weight excluding hydrogens is 265 g/mol. The Kier molecular flexibility index (Phi) is 4.62. The molecule has 0 aromatic heterocycles. The lowest BCUT2D eigenvalue weighted by molar-refractivity contribution is 0.0701. The van der Waals surface area contributed by atoms with Crippen molar-refractivity contribution >= 4 is 29.1 Å². The fourth-order valence-electron chi connectivity index (χ4n) is 1.44. The zero-order valence-corrected chi connectivity index (χ0v) is 11.0. The first kappa shape index (κ1) is 14.1. The first-order valence-corrected chi connectivity index (χ1v) is 5.70. The van der Waals surface area contributed by atoms with E-state index in [-0.39, 0.29) is 27.9 Å². The number of carbonyl (C=O) groups excluding carboxylic acids is 1. The van der Waals surface area contributed by atoms with Crippen molar-refractivity contribution in [1.82, 2.24) is 4.90 Å². The van der Waals surface area contributed by atoms with Crippen LogP contribution in [-0.4, -0.2) is 40.7 Å². The average Bonchev–Trinajstić information content (AvgIpc) is 2.14. The third-order valence-electron chi connectivity index (χ3n) is 2.13. The molecule has 1 aromatic carbocycles. The second-order valence-corrected chi connectivity index (χ2v) is 4.66. The SMILES string of the molecule is CC(O)CN(C)C(=O)c1c(O)cc(Cl)cc1Cl. The number of amides is 1. The number of phenols is 1. The number of likely N-dealkylation sites (N-methyl/N-ethyl adjacent to an activating group) is 1. The number of benzene rings is 1. The molecule has 0 heterocycles. The third kappa shape index (κ3) is 3.49. The van der Waals surface area contributed by atoms with Crippen LogP contribution in [0.4, 0.5) is 0 Å². The van der Waals surface area contributed by atoms with E-state index in [0.717, 1.165) is 0 Å².